The van der Waals surface area contributed by atoms with E-state index in [1.54, 1.807) is 6.92 Å². The van der Waals surface area contributed by atoms with Crippen LogP contribution in [0.1, 0.15) is 26.2 Å². The van der Waals surface area contributed by atoms with Crippen LogP contribution in [-0.4, -0.2) is 38.7 Å². The molecule has 2 atom stereocenters. The standard InChI is InChI=1S/C13H20O6/c1-4-19-13(16)10-6-8(11(14)17-2)5-9(7-10)12(15)18-3/h8-10H,4-7H2,1-3H3. The first kappa shape index (κ1) is 15.5. The van der Waals surface area contributed by atoms with Gasteiger partial charge in [0.1, 0.15) is 0 Å². The fourth-order valence-electron chi connectivity index (χ4n) is 2.49. The number of carbonyl (C=O) groups excluding carboxylic acids is 3. The molecule has 0 aromatic rings. The van der Waals surface area contributed by atoms with E-state index in [-0.39, 0.29) is 12.6 Å². The van der Waals surface area contributed by atoms with Crippen molar-refractivity contribution in [2.45, 2.75) is 26.2 Å². The second-order valence-corrected chi connectivity index (χ2v) is 4.60. The smallest absolute Gasteiger partial charge is 0.308 e. The quantitative estimate of drug-likeness (QED) is 0.559. The Kier molecular flexibility index (Phi) is 5.79. The minimum absolute atomic E-state index is 0.279. The molecule has 1 saturated carbocycles. The molecule has 0 amide bonds. The van der Waals surface area contributed by atoms with Gasteiger partial charge in [0.15, 0.2) is 0 Å². The molecule has 0 saturated heterocycles. The zero-order chi connectivity index (χ0) is 14.4. The van der Waals surface area contributed by atoms with Gasteiger partial charge in [-0.25, -0.2) is 0 Å². The van der Waals surface area contributed by atoms with Gasteiger partial charge in [0.2, 0.25) is 0 Å². The summed E-state index contributed by atoms with van der Waals surface area (Å²) < 4.78 is 14.4. The molecule has 0 aliphatic heterocycles. The number of hydrogen-bond donors (Lipinski definition) is 0. The molecule has 0 bridgehead atoms. The zero-order valence-corrected chi connectivity index (χ0v) is 11.5. The summed E-state index contributed by atoms with van der Waals surface area (Å²) in [5, 5.41) is 0. The van der Waals surface area contributed by atoms with Gasteiger partial charge >= 0.3 is 17.9 Å². The molecule has 108 valence electrons. The Balaban J connectivity index is 2.80. The van der Waals surface area contributed by atoms with Gasteiger partial charge in [-0.2, -0.15) is 0 Å². The van der Waals surface area contributed by atoms with Crippen molar-refractivity contribution in [2.75, 3.05) is 20.8 Å². The highest BCUT2D eigenvalue weighted by atomic mass is 16.5. The summed E-state index contributed by atoms with van der Waals surface area (Å²) in [7, 11) is 2.59. The predicted molar refractivity (Wildman–Crippen MR) is 65.0 cm³/mol. The molecule has 1 aliphatic rings. The number of hydrogen-bond acceptors (Lipinski definition) is 6. The highest BCUT2D eigenvalue weighted by molar-refractivity contribution is 5.80. The predicted octanol–water partition coefficient (Wildman–Crippen LogP) is 0.928. The number of carbonyl (C=O) groups is 3. The first-order chi connectivity index (χ1) is 9.03. The Bertz CT molecular complexity index is 327. The number of rotatable bonds is 4. The van der Waals surface area contributed by atoms with E-state index in [1.165, 1.54) is 14.2 Å². The van der Waals surface area contributed by atoms with Crippen molar-refractivity contribution in [2.24, 2.45) is 17.8 Å². The molecule has 1 aliphatic carbocycles. The van der Waals surface area contributed by atoms with Crippen LogP contribution < -0.4 is 0 Å². The monoisotopic (exact) mass is 272 g/mol. The van der Waals surface area contributed by atoms with Crippen LogP contribution in [0.2, 0.25) is 0 Å². The van der Waals surface area contributed by atoms with Gasteiger partial charge in [0.25, 0.3) is 0 Å². The Morgan fingerprint density at radius 2 is 1.21 bits per heavy atom. The van der Waals surface area contributed by atoms with Crippen LogP contribution >= 0.6 is 0 Å². The fraction of sp³-hybridized carbons (Fsp3) is 0.769. The maximum Gasteiger partial charge on any atom is 0.308 e. The lowest BCUT2D eigenvalue weighted by Crippen LogP contribution is -2.36. The molecule has 1 fully saturated rings. The molecule has 0 aromatic heterocycles. The first-order valence-corrected chi connectivity index (χ1v) is 6.35. The van der Waals surface area contributed by atoms with E-state index in [2.05, 4.69) is 0 Å². The highest BCUT2D eigenvalue weighted by Gasteiger charge is 2.40. The summed E-state index contributed by atoms with van der Waals surface area (Å²) in [6.45, 7) is 2.00. The first-order valence-electron chi connectivity index (χ1n) is 6.35. The van der Waals surface area contributed by atoms with Gasteiger partial charge in [-0.1, -0.05) is 0 Å². The average Bonchev–Trinajstić information content (AvgIpc) is 2.45. The lowest BCUT2D eigenvalue weighted by Gasteiger charge is -2.30. The Hall–Kier alpha value is -1.59. The Morgan fingerprint density at radius 3 is 1.53 bits per heavy atom. The number of methoxy groups -OCH3 is 2. The highest BCUT2D eigenvalue weighted by Crippen LogP contribution is 2.35. The number of esters is 3. The Morgan fingerprint density at radius 1 is 0.842 bits per heavy atom. The summed E-state index contributed by atoms with van der Waals surface area (Å²) in [6, 6.07) is 0. The van der Waals surface area contributed by atoms with Crippen molar-refractivity contribution < 1.29 is 28.6 Å². The lowest BCUT2D eigenvalue weighted by molar-refractivity contribution is -0.158. The van der Waals surface area contributed by atoms with Crippen molar-refractivity contribution in [3.8, 4) is 0 Å². The third-order valence-corrected chi connectivity index (χ3v) is 3.40. The SMILES string of the molecule is CCOC(=O)C1CC(C(=O)OC)CC(C(=O)OC)C1. The van der Waals surface area contributed by atoms with Crippen LogP contribution in [0.3, 0.4) is 0 Å². The number of ether oxygens (including phenoxy) is 3. The van der Waals surface area contributed by atoms with Crippen LogP contribution in [-0.2, 0) is 28.6 Å². The Labute approximate surface area is 112 Å². The van der Waals surface area contributed by atoms with Crippen molar-refractivity contribution in [3.63, 3.8) is 0 Å². The van der Waals surface area contributed by atoms with E-state index in [0.717, 1.165) is 0 Å². The van der Waals surface area contributed by atoms with Gasteiger partial charge in [0, 0.05) is 0 Å². The van der Waals surface area contributed by atoms with Crippen LogP contribution in [0.4, 0.5) is 0 Å². The van der Waals surface area contributed by atoms with E-state index < -0.39 is 29.7 Å². The molecule has 0 spiro atoms. The van der Waals surface area contributed by atoms with Gasteiger partial charge in [0.05, 0.1) is 38.6 Å². The molecule has 6 nitrogen and oxygen atoms in total. The maximum atomic E-state index is 11.8. The molecular formula is C13H20O6. The van der Waals surface area contributed by atoms with Crippen LogP contribution in [0.25, 0.3) is 0 Å². The van der Waals surface area contributed by atoms with E-state index >= 15 is 0 Å². The average molecular weight is 272 g/mol. The molecule has 2 unspecified atom stereocenters. The second kappa shape index (κ2) is 7.11. The van der Waals surface area contributed by atoms with Crippen LogP contribution in [0.5, 0.6) is 0 Å². The summed E-state index contributed by atoms with van der Waals surface area (Å²) in [5.74, 6) is -2.55. The minimum Gasteiger partial charge on any atom is -0.469 e. The van der Waals surface area contributed by atoms with Gasteiger partial charge in [-0.3, -0.25) is 14.4 Å². The van der Waals surface area contributed by atoms with Crippen molar-refractivity contribution in [1.82, 2.24) is 0 Å². The topological polar surface area (TPSA) is 78.9 Å². The molecule has 0 heterocycles. The van der Waals surface area contributed by atoms with E-state index in [0.29, 0.717) is 19.3 Å². The zero-order valence-electron chi connectivity index (χ0n) is 11.5. The third kappa shape index (κ3) is 3.94. The van der Waals surface area contributed by atoms with Crippen LogP contribution in [0, 0.1) is 17.8 Å². The van der Waals surface area contributed by atoms with Crippen molar-refractivity contribution in [3.05, 3.63) is 0 Å². The summed E-state index contributed by atoms with van der Waals surface area (Å²) in [6.07, 6.45) is 1.08. The lowest BCUT2D eigenvalue weighted by atomic mass is 9.75. The van der Waals surface area contributed by atoms with Crippen molar-refractivity contribution in [1.29, 1.82) is 0 Å². The molecule has 6 heteroatoms. The molecule has 0 N–H and O–H groups in total. The molecule has 19 heavy (non-hydrogen) atoms. The summed E-state index contributed by atoms with van der Waals surface area (Å²) >= 11 is 0. The molecular weight excluding hydrogens is 252 g/mol. The van der Waals surface area contributed by atoms with Gasteiger partial charge in [-0.05, 0) is 26.2 Å². The molecule has 1 rings (SSSR count). The summed E-state index contributed by atoms with van der Waals surface area (Å²) in [4.78, 5) is 35.0. The van der Waals surface area contributed by atoms with Crippen LogP contribution in [0.15, 0.2) is 0 Å². The normalized spacial score (nSPS) is 26.4. The minimum atomic E-state index is -0.461. The third-order valence-electron chi connectivity index (χ3n) is 3.40. The van der Waals surface area contributed by atoms with E-state index in [4.69, 9.17) is 14.2 Å². The van der Waals surface area contributed by atoms with Gasteiger partial charge in [-0.15, -0.1) is 0 Å². The van der Waals surface area contributed by atoms with E-state index in [1.807, 2.05) is 0 Å². The fourth-order valence-corrected chi connectivity index (χ4v) is 2.49. The van der Waals surface area contributed by atoms with E-state index in [9.17, 15) is 14.4 Å². The van der Waals surface area contributed by atoms with Gasteiger partial charge < -0.3 is 14.2 Å². The largest absolute Gasteiger partial charge is 0.469 e. The van der Waals surface area contributed by atoms with Crippen molar-refractivity contribution >= 4 is 17.9 Å². The summed E-state index contributed by atoms with van der Waals surface area (Å²) in [5.41, 5.74) is 0. The molecule has 0 radical (unpaired) electrons. The maximum absolute atomic E-state index is 11.8. The molecule has 0 aromatic carbocycles. The second-order valence-electron chi connectivity index (χ2n) is 4.60.